The molecular weight excluding hydrogens is 898 g/mol. The first-order valence-corrected chi connectivity index (χ1v) is 16.7. The van der Waals surface area contributed by atoms with E-state index in [9.17, 15) is 35.9 Å². The highest BCUT2D eigenvalue weighted by molar-refractivity contribution is 5.92. The van der Waals surface area contributed by atoms with E-state index in [1.54, 1.807) is 0 Å². The number of benzene rings is 4. The van der Waals surface area contributed by atoms with E-state index < -0.39 is 163 Å². The molecule has 0 radical (unpaired) electrons. The number of esters is 2. The van der Waals surface area contributed by atoms with Crippen molar-refractivity contribution in [1.29, 1.82) is 0 Å². The second-order valence-corrected chi connectivity index (χ2v) is 11.8. The summed E-state index contributed by atoms with van der Waals surface area (Å²) in [4.78, 5) is 48.6. The summed E-state index contributed by atoms with van der Waals surface area (Å²) >= 11 is 0. The topological polar surface area (TPSA) is 204 Å². The molecule has 0 aliphatic carbocycles. The van der Waals surface area contributed by atoms with E-state index in [4.69, 9.17) is 47.4 Å². The zero-order chi connectivity index (χ0) is 46.3. The Bertz CT molecular complexity index is 2590. The Kier molecular flexibility index (Phi) is 11.7. The molecule has 0 amide bonds. The van der Waals surface area contributed by atoms with Gasteiger partial charge in [-0.1, -0.05) is 0 Å². The molecule has 18 nitrogen and oxygen atoms in total. The lowest BCUT2D eigenvalue weighted by atomic mass is 10.1. The second-order valence-electron chi connectivity index (χ2n) is 11.8. The molecule has 1 aliphatic heterocycles. The molecule has 0 saturated heterocycles. The number of fused-ring (bicyclic) bond motifs is 8. The Morgan fingerprint density at radius 3 is 0.875 bits per heavy atom. The molecule has 2 aromatic heterocycles. The molecule has 1 aliphatic rings. The monoisotopic (exact) mass is 914 g/mol. The van der Waals surface area contributed by atoms with Gasteiger partial charge in [0, 0.05) is 0 Å². The summed E-state index contributed by atoms with van der Waals surface area (Å²) in [6, 6.07) is -2.85. The maximum atomic E-state index is 15.1. The molecule has 3 heterocycles. The quantitative estimate of drug-likeness (QED) is 0.0611. The largest absolute Gasteiger partial charge is 0.467 e. The van der Waals surface area contributed by atoms with Crippen molar-refractivity contribution in [3.05, 3.63) is 93.6 Å². The van der Waals surface area contributed by atoms with Gasteiger partial charge in [-0.05, 0) is 24.3 Å². The number of methoxy groups -OCH3 is 4. The van der Waals surface area contributed by atoms with Gasteiger partial charge in [-0.2, -0.15) is 17.6 Å². The van der Waals surface area contributed by atoms with E-state index in [2.05, 4.69) is 29.9 Å². The van der Waals surface area contributed by atoms with Gasteiger partial charge >= 0.3 is 48.0 Å². The van der Waals surface area contributed by atoms with Crippen LogP contribution in [0.25, 0.3) is 0 Å². The van der Waals surface area contributed by atoms with E-state index in [0.717, 1.165) is 28.4 Å². The first-order valence-electron chi connectivity index (χ1n) is 16.7. The first-order chi connectivity index (χ1) is 30.5. The molecule has 0 unspecified atom stereocenters. The van der Waals surface area contributed by atoms with Crippen LogP contribution in [0.3, 0.4) is 0 Å². The van der Waals surface area contributed by atoms with Gasteiger partial charge in [0.15, 0.2) is 23.0 Å². The molecule has 28 heteroatoms. The van der Waals surface area contributed by atoms with E-state index in [1.807, 2.05) is 0 Å². The number of aromatic nitrogens is 6. The fourth-order valence-corrected chi connectivity index (χ4v) is 5.08. The average Bonchev–Trinajstić information content (AvgIpc) is 3.29. The fraction of sp³-hybridized carbons (Fsp3) is 0.111. The number of hydrogen-bond donors (Lipinski definition) is 0. The number of nitrogens with zero attached hydrogens (tertiary/aromatic N) is 6. The molecule has 0 atom stereocenters. The van der Waals surface area contributed by atoms with Gasteiger partial charge in [0.25, 0.3) is 0 Å². The maximum Gasteiger partial charge on any atom is 0.338 e. The SMILES string of the molecule is COC(=O)c1cc2c(Oc3c(F)c(F)c(F)c(F)c3F)c(c1)Oc1nc(OC)nc(n1)Oc1cc(C(=O)OC)cc(c1Oc1c(F)c(F)c(F)c(F)c1F)Oc1nc(OC)nc(n1)O2. The molecule has 6 aromatic rings. The van der Waals surface area contributed by atoms with Crippen molar-refractivity contribution in [2.75, 3.05) is 28.4 Å². The fourth-order valence-electron chi connectivity index (χ4n) is 5.08. The summed E-state index contributed by atoms with van der Waals surface area (Å²) in [5.74, 6) is -37.5. The smallest absolute Gasteiger partial charge is 0.338 e. The summed E-state index contributed by atoms with van der Waals surface area (Å²) in [6.45, 7) is 0. The molecule has 8 bridgehead atoms. The van der Waals surface area contributed by atoms with E-state index in [0.29, 0.717) is 24.3 Å². The van der Waals surface area contributed by atoms with Crippen LogP contribution in [0.2, 0.25) is 0 Å². The summed E-state index contributed by atoms with van der Waals surface area (Å²) in [7, 11) is 3.75. The highest BCUT2D eigenvalue weighted by atomic mass is 19.2. The van der Waals surface area contributed by atoms with Crippen LogP contribution in [0, 0.1) is 58.2 Å². The Morgan fingerprint density at radius 2 is 0.641 bits per heavy atom. The Morgan fingerprint density at radius 1 is 0.391 bits per heavy atom. The van der Waals surface area contributed by atoms with Gasteiger partial charge in [-0.3, -0.25) is 0 Å². The van der Waals surface area contributed by atoms with Gasteiger partial charge < -0.3 is 47.4 Å². The number of hydrogen-bond acceptors (Lipinski definition) is 18. The third kappa shape index (κ3) is 8.04. The van der Waals surface area contributed by atoms with E-state index in [1.165, 1.54) is 0 Å². The third-order valence-electron chi connectivity index (χ3n) is 7.95. The molecule has 4 aromatic carbocycles. The van der Waals surface area contributed by atoms with Gasteiger partial charge in [-0.15, -0.1) is 29.9 Å². The summed E-state index contributed by atoms with van der Waals surface area (Å²) in [5, 5.41) is 0. The maximum absolute atomic E-state index is 15.1. The molecule has 332 valence electrons. The lowest BCUT2D eigenvalue weighted by Crippen LogP contribution is -2.10. The van der Waals surface area contributed by atoms with Crippen molar-refractivity contribution in [2.24, 2.45) is 0 Å². The molecule has 0 spiro atoms. The predicted molar refractivity (Wildman–Crippen MR) is 181 cm³/mol. The number of ether oxygens (including phenoxy) is 10. The van der Waals surface area contributed by atoms with Crippen LogP contribution in [-0.2, 0) is 9.47 Å². The lowest BCUT2D eigenvalue weighted by molar-refractivity contribution is 0.0591. The van der Waals surface area contributed by atoms with Gasteiger partial charge in [0.2, 0.25) is 81.2 Å². The van der Waals surface area contributed by atoms with Gasteiger partial charge in [-0.25, -0.2) is 35.9 Å². The highest BCUT2D eigenvalue weighted by Crippen LogP contribution is 2.49. The van der Waals surface area contributed by atoms with Crippen LogP contribution in [0.1, 0.15) is 20.7 Å². The van der Waals surface area contributed by atoms with Crippen molar-refractivity contribution >= 4 is 11.9 Å². The van der Waals surface area contributed by atoms with Crippen LogP contribution >= 0.6 is 0 Å². The van der Waals surface area contributed by atoms with Gasteiger partial charge in [0.1, 0.15) is 0 Å². The number of carbonyl (C=O) groups excluding carboxylic acids is 2. The van der Waals surface area contributed by atoms with Crippen molar-refractivity contribution < 1.29 is 101 Å². The number of rotatable bonds is 8. The van der Waals surface area contributed by atoms with Gasteiger partial charge in [0.05, 0.1) is 39.6 Å². The van der Waals surface area contributed by atoms with E-state index in [-0.39, 0.29) is 0 Å². The average molecular weight is 915 g/mol. The predicted octanol–water partition coefficient (Wildman–Crippen LogP) is 8.11. The number of halogens is 10. The number of carbonyl (C=O) groups is 2. The summed E-state index contributed by atoms with van der Waals surface area (Å²) in [6.07, 6.45) is 0. The second kappa shape index (κ2) is 17.1. The van der Waals surface area contributed by atoms with Crippen molar-refractivity contribution in [3.8, 4) is 82.1 Å². The molecule has 7 rings (SSSR count). The highest BCUT2D eigenvalue weighted by Gasteiger charge is 2.34. The minimum atomic E-state index is -2.57. The van der Waals surface area contributed by atoms with Crippen LogP contribution in [0.5, 0.6) is 82.1 Å². The Hall–Kier alpha value is -8.46. The third-order valence-corrected chi connectivity index (χ3v) is 7.95. The normalized spacial score (nSPS) is 11.6. The Labute approximate surface area is 346 Å². The summed E-state index contributed by atoms with van der Waals surface area (Å²) < 4.78 is 199. The summed E-state index contributed by atoms with van der Waals surface area (Å²) in [5.41, 5.74) is -1.12. The molecule has 0 fully saturated rings. The molecule has 0 N–H and O–H groups in total. The van der Waals surface area contributed by atoms with Crippen LogP contribution < -0.4 is 37.9 Å². The van der Waals surface area contributed by atoms with Crippen molar-refractivity contribution in [2.45, 2.75) is 0 Å². The lowest BCUT2D eigenvalue weighted by Gasteiger charge is -2.19. The minimum Gasteiger partial charge on any atom is -0.467 e. The standard InChI is InChI=1S/C36H16F10N6O12/c1-55-29(53)9-5-11-25(63-27-21(43)17(39)15(37)18(40)22(27)44)12(6-9)60-34-48-32(58-4)50-36(52-34)62-14-8-10(30(54)56-2)7-13(61-35-49-31(57-3)47-33(51-35)59-11)26(14)64-28-23(45)19(41)16(38)20(42)24(28)46/h5-8H,1-4H3. The first kappa shape index (κ1) is 43.6. The molecule has 0 saturated carbocycles. The zero-order valence-corrected chi connectivity index (χ0v) is 31.7. The van der Waals surface area contributed by atoms with Crippen molar-refractivity contribution in [1.82, 2.24) is 29.9 Å². The van der Waals surface area contributed by atoms with Crippen LogP contribution in [0.15, 0.2) is 24.3 Å². The van der Waals surface area contributed by atoms with Crippen LogP contribution in [-0.4, -0.2) is 70.3 Å². The molecular formula is C36H16F10N6O12. The zero-order valence-electron chi connectivity index (χ0n) is 31.7. The van der Waals surface area contributed by atoms with Crippen molar-refractivity contribution in [3.63, 3.8) is 0 Å². The minimum absolute atomic E-state index is 0.561. The molecule has 64 heavy (non-hydrogen) atoms. The van der Waals surface area contributed by atoms with E-state index >= 15 is 17.6 Å². The van der Waals surface area contributed by atoms with Crippen LogP contribution in [0.4, 0.5) is 43.9 Å². The Balaban J connectivity index is 1.54.